The van der Waals surface area contributed by atoms with Gasteiger partial charge in [-0.2, -0.15) is 0 Å². The van der Waals surface area contributed by atoms with E-state index in [2.05, 4.69) is 10.6 Å². The minimum absolute atomic E-state index is 0.0632. The molecule has 3 N–H and O–H groups in total. The van der Waals surface area contributed by atoms with Gasteiger partial charge in [0.2, 0.25) is 0 Å². The first-order chi connectivity index (χ1) is 9.81. The van der Waals surface area contributed by atoms with Crippen molar-refractivity contribution in [2.75, 3.05) is 11.9 Å². The molecule has 1 aromatic rings. The van der Waals surface area contributed by atoms with E-state index in [4.69, 9.17) is 5.11 Å². The number of nitro groups is 1. The molecule has 0 heterocycles. The van der Waals surface area contributed by atoms with Crippen LogP contribution in [0.2, 0.25) is 0 Å². The van der Waals surface area contributed by atoms with Gasteiger partial charge in [-0.3, -0.25) is 19.7 Å². The molecule has 1 aromatic carbocycles. The maximum atomic E-state index is 11.8. The predicted molar refractivity (Wildman–Crippen MR) is 76.4 cm³/mol. The number of hydrogen-bond acceptors (Lipinski definition) is 5. The molecular weight excluding hydrogens is 278 g/mol. The fourth-order valence-electron chi connectivity index (χ4n) is 1.62. The van der Waals surface area contributed by atoms with Crippen molar-refractivity contribution < 1.29 is 19.6 Å². The maximum absolute atomic E-state index is 11.8. The third-order valence-electron chi connectivity index (χ3n) is 2.53. The van der Waals surface area contributed by atoms with Gasteiger partial charge in [-0.1, -0.05) is 0 Å². The summed E-state index contributed by atoms with van der Waals surface area (Å²) in [6.45, 7) is 3.63. The van der Waals surface area contributed by atoms with Crippen LogP contribution in [-0.4, -0.2) is 34.5 Å². The summed E-state index contributed by atoms with van der Waals surface area (Å²) in [4.78, 5) is 32.7. The van der Waals surface area contributed by atoms with Gasteiger partial charge in [0.25, 0.3) is 11.6 Å². The van der Waals surface area contributed by atoms with Gasteiger partial charge in [0.15, 0.2) is 0 Å². The van der Waals surface area contributed by atoms with Crippen molar-refractivity contribution in [1.29, 1.82) is 0 Å². The molecule has 0 saturated carbocycles. The van der Waals surface area contributed by atoms with Crippen LogP contribution in [0, 0.1) is 10.1 Å². The van der Waals surface area contributed by atoms with Crippen molar-refractivity contribution in [1.82, 2.24) is 5.32 Å². The molecule has 0 unspecified atom stereocenters. The Morgan fingerprint density at radius 1 is 1.38 bits per heavy atom. The van der Waals surface area contributed by atoms with Crippen LogP contribution in [0.3, 0.4) is 0 Å². The average molecular weight is 295 g/mol. The largest absolute Gasteiger partial charge is 0.481 e. The Labute approximate surface area is 121 Å². The Kier molecular flexibility index (Phi) is 5.65. The molecule has 1 rings (SSSR count). The lowest BCUT2D eigenvalue weighted by Gasteiger charge is -2.10. The zero-order chi connectivity index (χ0) is 16.0. The number of hydrogen-bond donors (Lipinski definition) is 3. The Morgan fingerprint density at radius 2 is 2.05 bits per heavy atom. The standard InChI is InChI=1S/C13H17N3O5/c1-8(2)15-13(19)9-3-4-10(11(7-9)16(20)21)14-6-5-12(17)18/h3-4,7-8,14H,5-6H2,1-2H3,(H,15,19)(H,17,18). The molecule has 0 radical (unpaired) electrons. The van der Waals surface area contributed by atoms with E-state index in [0.717, 1.165) is 0 Å². The number of carbonyl (C=O) groups excluding carboxylic acids is 1. The van der Waals surface area contributed by atoms with Crippen LogP contribution >= 0.6 is 0 Å². The molecule has 0 aliphatic rings. The van der Waals surface area contributed by atoms with Gasteiger partial charge in [-0.15, -0.1) is 0 Å². The first-order valence-corrected chi connectivity index (χ1v) is 6.36. The van der Waals surface area contributed by atoms with Crippen LogP contribution in [0.4, 0.5) is 11.4 Å². The number of anilines is 1. The van der Waals surface area contributed by atoms with Gasteiger partial charge in [-0.05, 0) is 26.0 Å². The Balaban J connectivity index is 2.94. The minimum Gasteiger partial charge on any atom is -0.481 e. The number of nitrogens with one attached hydrogen (secondary N) is 2. The number of aliphatic carboxylic acids is 1. The molecule has 0 fully saturated rings. The van der Waals surface area contributed by atoms with Crippen molar-refractivity contribution in [3.8, 4) is 0 Å². The monoisotopic (exact) mass is 295 g/mol. The minimum atomic E-state index is -1.00. The second-order valence-corrected chi connectivity index (χ2v) is 4.69. The van der Waals surface area contributed by atoms with Crippen molar-refractivity contribution in [2.24, 2.45) is 0 Å². The first kappa shape index (κ1) is 16.4. The predicted octanol–water partition coefficient (Wildman–Crippen LogP) is 1.62. The number of carboxylic acids is 1. The highest BCUT2D eigenvalue weighted by molar-refractivity contribution is 5.95. The molecule has 0 spiro atoms. The molecule has 0 aliphatic heterocycles. The van der Waals surface area contributed by atoms with E-state index in [1.807, 2.05) is 0 Å². The fraction of sp³-hybridized carbons (Fsp3) is 0.385. The summed E-state index contributed by atoms with van der Waals surface area (Å²) in [6.07, 6.45) is -0.160. The highest BCUT2D eigenvalue weighted by Gasteiger charge is 2.17. The smallest absolute Gasteiger partial charge is 0.305 e. The second kappa shape index (κ2) is 7.22. The van der Waals surface area contributed by atoms with Crippen LogP contribution in [-0.2, 0) is 4.79 Å². The normalized spacial score (nSPS) is 10.2. The van der Waals surface area contributed by atoms with E-state index < -0.39 is 16.8 Å². The molecular formula is C13H17N3O5. The average Bonchev–Trinajstić information content (AvgIpc) is 2.37. The summed E-state index contributed by atoms with van der Waals surface area (Å²) in [5.74, 6) is -1.40. The molecule has 0 aliphatic carbocycles. The number of carboxylic acid groups (broad SMARTS) is 1. The highest BCUT2D eigenvalue weighted by atomic mass is 16.6. The van der Waals surface area contributed by atoms with Gasteiger partial charge < -0.3 is 15.7 Å². The molecule has 0 bridgehead atoms. The third-order valence-corrected chi connectivity index (χ3v) is 2.53. The van der Waals surface area contributed by atoms with Crippen LogP contribution in [0.15, 0.2) is 18.2 Å². The summed E-state index contributed by atoms with van der Waals surface area (Å²) < 4.78 is 0. The first-order valence-electron chi connectivity index (χ1n) is 6.36. The molecule has 114 valence electrons. The second-order valence-electron chi connectivity index (χ2n) is 4.69. The van der Waals surface area contributed by atoms with E-state index in [0.29, 0.717) is 0 Å². The molecule has 8 nitrogen and oxygen atoms in total. The Morgan fingerprint density at radius 3 is 2.57 bits per heavy atom. The SMILES string of the molecule is CC(C)NC(=O)c1ccc(NCCC(=O)O)c([N+](=O)[O-])c1. The van der Waals surface area contributed by atoms with Crippen molar-refractivity contribution in [3.05, 3.63) is 33.9 Å². The van der Waals surface area contributed by atoms with Crippen molar-refractivity contribution >= 4 is 23.3 Å². The maximum Gasteiger partial charge on any atom is 0.305 e. The molecule has 0 aromatic heterocycles. The van der Waals surface area contributed by atoms with Crippen molar-refractivity contribution in [2.45, 2.75) is 26.3 Å². The van der Waals surface area contributed by atoms with Gasteiger partial charge in [0, 0.05) is 24.2 Å². The topological polar surface area (TPSA) is 122 Å². The number of carbonyl (C=O) groups is 2. The summed E-state index contributed by atoms with van der Waals surface area (Å²) in [6, 6.07) is 3.94. The fourth-order valence-corrected chi connectivity index (χ4v) is 1.62. The van der Waals surface area contributed by atoms with E-state index in [-0.39, 0.29) is 35.9 Å². The lowest BCUT2D eigenvalue weighted by atomic mass is 10.1. The molecule has 0 saturated heterocycles. The van der Waals surface area contributed by atoms with E-state index in [1.54, 1.807) is 13.8 Å². The van der Waals surface area contributed by atoms with Gasteiger partial charge in [0.05, 0.1) is 11.3 Å². The number of benzene rings is 1. The van der Waals surface area contributed by atoms with Crippen molar-refractivity contribution in [3.63, 3.8) is 0 Å². The van der Waals surface area contributed by atoms with Gasteiger partial charge >= 0.3 is 5.97 Å². The van der Waals surface area contributed by atoms with E-state index >= 15 is 0 Å². The summed E-state index contributed by atoms with van der Waals surface area (Å²) >= 11 is 0. The van der Waals surface area contributed by atoms with Gasteiger partial charge in [-0.25, -0.2) is 0 Å². The third kappa shape index (κ3) is 5.09. The van der Waals surface area contributed by atoms with E-state index in [9.17, 15) is 19.7 Å². The lowest BCUT2D eigenvalue weighted by Crippen LogP contribution is -2.30. The Hall–Kier alpha value is -2.64. The number of nitro benzene ring substituents is 1. The molecule has 21 heavy (non-hydrogen) atoms. The molecule has 8 heteroatoms. The quantitative estimate of drug-likeness (QED) is 0.519. The van der Waals surface area contributed by atoms with Crippen LogP contribution in [0.25, 0.3) is 0 Å². The molecule has 1 amide bonds. The van der Waals surface area contributed by atoms with Crippen LogP contribution in [0.1, 0.15) is 30.6 Å². The summed E-state index contributed by atoms with van der Waals surface area (Å²) in [5.41, 5.74) is 0.0957. The molecule has 0 atom stereocenters. The zero-order valence-corrected chi connectivity index (χ0v) is 11.8. The Bertz CT molecular complexity index is 557. The lowest BCUT2D eigenvalue weighted by molar-refractivity contribution is -0.384. The number of nitrogens with zero attached hydrogens (tertiary/aromatic N) is 1. The van der Waals surface area contributed by atoms with Gasteiger partial charge in [0.1, 0.15) is 5.69 Å². The number of amides is 1. The van der Waals surface area contributed by atoms with Crippen LogP contribution in [0.5, 0.6) is 0 Å². The summed E-state index contributed by atoms with van der Waals surface area (Å²) in [7, 11) is 0. The summed E-state index contributed by atoms with van der Waals surface area (Å²) in [5, 5.41) is 24.9. The van der Waals surface area contributed by atoms with Crippen LogP contribution < -0.4 is 10.6 Å². The zero-order valence-electron chi connectivity index (χ0n) is 11.8. The number of rotatable bonds is 7. The van der Waals surface area contributed by atoms with E-state index in [1.165, 1.54) is 18.2 Å². The highest BCUT2D eigenvalue weighted by Crippen LogP contribution is 2.25.